The molecule has 3 N–H and O–H groups in total. The molecule has 0 radical (unpaired) electrons. The van der Waals surface area contributed by atoms with Crippen LogP contribution in [0.2, 0.25) is 0 Å². The normalized spacial score (nSPS) is 11.9. The molecule has 0 aromatic carbocycles. The lowest BCUT2D eigenvalue weighted by atomic mass is 10.2. The van der Waals surface area contributed by atoms with Gasteiger partial charge in [-0.15, -0.1) is 0 Å². The molecule has 0 saturated heterocycles. The predicted octanol–water partition coefficient (Wildman–Crippen LogP) is 1.04. The van der Waals surface area contributed by atoms with Crippen molar-refractivity contribution in [2.75, 3.05) is 6.61 Å². The number of rotatable bonds is 6. The van der Waals surface area contributed by atoms with Crippen molar-refractivity contribution in [1.82, 2.24) is 15.6 Å². The van der Waals surface area contributed by atoms with Crippen LogP contribution in [0.25, 0.3) is 0 Å². The van der Waals surface area contributed by atoms with Crippen LogP contribution in [0.4, 0.5) is 4.79 Å². The number of aromatic nitrogens is 1. The van der Waals surface area contributed by atoms with E-state index in [4.69, 9.17) is 5.11 Å². The molecular formula is C12H19N3O2. The fraction of sp³-hybridized carbons (Fsp3) is 0.500. The third-order valence-corrected chi connectivity index (χ3v) is 2.48. The molecule has 1 heterocycles. The van der Waals surface area contributed by atoms with Crippen molar-refractivity contribution in [2.24, 2.45) is 0 Å². The lowest BCUT2D eigenvalue weighted by Crippen LogP contribution is -2.41. The Bertz CT molecular complexity index is 330. The third-order valence-electron chi connectivity index (χ3n) is 2.48. The van der Waals surface area contributed by atoms with Crippen LogP contribution in [0, 0.1) is 0 Å². The van der Waals surface area contributed by atoms with E-state index in [1.165, 1.54) is 0 Å². The van der Waals surface area contributed by atoms with E-state index in [0.717, 1.165) is 12.0 Å². The molecule has 1 aromatic heterocycles. The molecule has 94 valence electrons. The molecule has 0 saturated carbocycles. The summed E-state index contributed by atoms with van der Waals surface area (Å²) >= 11 is 0. The van der Waals surface area contributed by atoms with Gasteiger partial charge in [-0.2, -0.15) is 0 Å². The number of hydrogen-bond donors (Lipinski definition) is 3. The quantitative estimate of drug-likeness (QED) is 0.692. The van der Waals surface area contributed by atoms with Crippen LogP contribution in [-0.4, -0.2) is 28.8 Å². The van der Waals surface area contributed by atoms with Crippen LogP contribution in [0.3, 0.4) is 0 Å². The smallest absolute Gasteiger partial charge is 0.315 e. The third kappa shape index (κ3) is 5.31. The van der Waals surface area contributed by atoms with Crippen molar-refractivity contribution in [2.45, 2.75) is 32.4 Å². The Labute approximate surface area is 101 Å². The number of urea groups is 1. The van der Waals surface area contributed by atoms with Crippen molar-refractivity contribution in [3.05, 3.63) is 30.1 Å². The summed E-state index contributed by atoms with van der Waals surface area (Å²) in [5.74, 6) is 0. The van der Waals surface area contributed by atoms with E-state index in [-0.39, 0.29) is 18.7 Å². The summed E-state index contributed by atoms with van der Waals surface area (Å²) in [6.45, 7) is 2.51. The monoisotopic (exact) mass is 237 g/mol. The van der Waals surface area contributed by atoms with Gasteiger partial charge in [0, 0.05) is 31.6 Å². The molecular weight excluding hydrogens is 218 g/mol. The van der Waals surface area contributed by atoms with Crippen LogP contribution in [0.5, 0.6) is 0 Å². The van der Waals surface area contributed by atoms with Crippen LogP contribution >= 0.6 is 0 Å². The molecule has 0 aliphatic rings. The molecule has 1 rings (SSSR count). The molecule has 0 bridgehead atoms. The number of carbonyl (C=O) groups is 1. The maximum Gasteiger partial charge on any atom is 0.315 e. The maximum atomic E-state index is 11.5. The highest BCUT2D eigenvalue weighted by Gasteiger charge is 2.08. The van der Waals surface area contributed by atoms with Crippen molar-refractivity contribution in [1.29, 1.82) is 0 Å². The topological polar surface area (TPSA) is 74.2 Å². The maximum absolute atomic E-state index is 11.5. The first-order valence-electron chi connectivity index (χ1n) is 5.80. The first-order valence-corrected chi connectivity index (χ1v) is 5.80. The Balaban J connectivity index is 2.30. The Morgan fingerprint density at radius 2 is 2.41 bits per heavy atom. The van der Waals surface area contributed by atoms with Crippen LogP contribution in [0.1, 0.15) is 25.3 Å². The number of hydrogen-bond acceptors (Lipinski definition) is 3. The SMILES string of the molecule is CCC(CCO)NC(=O)NCc1cccnc1. The standard InChI is InChI=1S/C12H19N3O2/c1-2-11(5-7-16)15-12(17)14-9-10-4-3-6-13-8-10/h3-4,6,8,11,16H,2,5,7,9H2,1H3,(H2,14,15,17). The second kappa shape index (κ2) is 7.62. The zero-order chi connectivity index (χ0) is 12.5. The summed E-state index contributed by atoms with van der Waals surface area (Å²) in [7, 11) is 0. The number of nitrogens with zero attached hydrogens (tertiary/aromatic N) is 1. The van der Waals surface area contributed by atoms with Gasteiger partial charge in [0.25, 0.3) is 0 Å². The number of aliphatic hydroxyl groups excluding tert-OH is 1. The molecule has 5 heteroatoms. The van der Waals surface area contributed by atoms with Gasteiger partial charge in [0.2, 0.25) is 0 Å². The van der Waals surface area contributed by atoms with Crippen molar-refractivity contribution in [3.8, 4) is 0 Å². The zero-order valence-corrected chi connectivity index (χ0v) is 10.0. The number of carbonyl (C=O) groups excluding carboxylic acids is 1. The lowest BCUT2D eigenvalue weighted by Gasteiger charge is -2.16. The van der Waals surface area contributed by atoms with E-state index in [1.807, 2.05) is 19.1 Å². The molecule has 17 heavy (non-hydrogen) atoms. The van der Waals surface area contributed by atoms with E-state index in [2.05, 4.69) is 15.6 Å². The predicted molar refractivity (Wildman–Crippen MR) is 65.4 cm³/mol. The first-order chi connectivity index (χ1) is 8.26. The number of aliphatic hydroxyl groups is 1. The lowest BCUT2D eigenvalue weighted by molar-refractivity contribution is 0.227. The number of amides is 2. The Morgan fingerprint density at radius 3 is 3.00 bits per heavy atom. The van der Waals surface area contributed by atoms with Crippen LogP contribution in [0.15, 0.2) is 24.5 Å². The Kier molecular flexibility index (Phi) is 6.03. The summed E-state index contributed by atoms with van der Waals surface area (Å²) < 4.78 is 0. The first kappa shape index (κ1) is 13.4. The molecule has 0 spiro atoms. The molecule has 5 nitrogen and oxygen atoms in total. The van der Waals surface area contributed by atoms with Gasteiger partial charge < -0.3 is 15.7 Å². The second-order valence-corrected chi connectivity index (χ2v) is 3.81. The van der Waals surface area contributed by atoms with Gasteiger partial charge in [0.15, 0.2) is 0 Å². The van der Waals surface area contributed by atoms with Gasteiger partial charge in [0.05, 0.1) is 0 Å². The van der Waals surface area contributed by atoms with Gasteiger partial charge in [-0.05, 0) is 24.5 Å². The van der Waals surface area contributed by atoms with Gasteiger partial charge in [-0.3, -0.25) is 4.98 Å². The minimum absolute atomic E-state index is 0.0221. The highest BCUT2D eigenvalue weighted by Crippen LogP contribution is 1.97. The molecule has 0 aliphatic carbocycles. The molecule has 2 amide bonds. The summed E-state index contributed by atoms with van der Waals surface area (Å²) in [5, 5.41) is 14.4. The molecule has 1 atom stereocenters. The van der Waals surface area contributed by atoms with E-state index < -0.39 is 0 Å². The minimum atomic E-state index is -0.214. The van der Waals surface area contributed by atoms with Gasteiger partial charge >= 0.3 is 6.03 Å². The second-order valence-electron chi connectivity index (χ2n) is 3.81. The Morgan fingerprint density at radius 1 is 1.59 bits per heavy atom. The van der Waals surface area contributed by atoms with Crippen LogP contribution < -0.4 is 10.6 Å². The largest absolute Gasteiger partial charge is 0.396 e. The summed E-state index contributed by atoms with van der Waals surface area (Å²) in [6.07, 6.45) is 4.79. The van der Waals surface area contributed by atoms with Crippen LogP contribution in [-0.2, 0) is 6.54 Å². The van der Waals surface area contributed by atoms with Gasteiger partial charge in [-0.25, -0.2) is 4.79 Å². The zero-order valence-electron chi connectivity index (χ0n) is 10.0. The van der Waals surface area contributed by atoms with E-state index in [9.17, 15) is 4.79 Å². The average Bonchev–Trinajstić information content (AvgIpc) is 2.37. The minimum Gasteiger partial charge on any atom is -0.396 e. The summed E-state index contributed by atoms with van der Waals surface area (Å²) in [4.78, 5) is 15.5. The van der Waals surface area contributed by atoms with E-state index >= 15 is 0 Å². The molecule has 0 aliphatic heterocycles. The fourth-order valence-electron chi connectivity index (χ4n) is 1.46. The number of pyridine rings is 1. The van der Waals surface area contributed by atoms with Crippen molar-refractivity contribution < 1.29 is 9.90 Å². The van der Waals surface area contributed by atoms with Gasteiger partial charge in [0.1, 0.15) is 0 Å². The molecule has 1 unspecified atom stereocenters. The van der Waals surface area contributed by atoms with Crippen molar-refractivity contribution >= 4 is 6.03 Å². The summed E-state index contributed by atoms with van der Waals surface area (Å²) in [6, 6.07) is 3.54. The Hall–Kier alpha value is -1.62. The molecule has 0 fully saturated rings. The fourth-order valence-corrected chi connectivity index (χ4v) is 1.46. The van der Waals surface area contributed by atoms with Gasteiger partial charge in [-0.1, -0.05) is 13.0 Å². The average molecular weight is 237 g/mol. The van der Waals surface area contributed by atoms with E-state index in [0.29, 0.717) is 13.0 Å². The number of nitrogens with one attached hydrogen (secondary N) is 2. The van der Waals surface area contributed by atoms with Crippen molar-refractivity contribution in [3.63, 3.8) is 0 Å². The highest BCUT2D eigenvalue weighted by molar-refractivity contribution is 5.74. The molecule has 1 aromatic rings. The highest BCUT2D eigenvalue weighted by atomic mass is 16.3. The van der Waals surface area contributed by atoms with E-state index in [1.54, 1.807) is 12.4 Å². The summed E-state index contributed by atoms with van der Waals surface area (Å²) in [5.41, 5.74) is 0.956.